The average molecular weight is 160 g/mol. The Labute approximate surface area is 65.1 Å². The van der Waals surface area contributed by atoms with Gasteiger partial charge in [-0.3, -0.25) is 4.79 Å². The van der Waals surface area contributed by atoms with Crippen LogP contribution in [0.3, 0.4) is 0 Å². The van der Waals surface area contributed by atoms with E-state index >= 15 is 0 Å². The molecule has 4 nitrogen and oxygen atoms in total. The first-order chi connectivity index (χ1) is 5.25. The van der Waals surface area contributed by atoms with Crippen LogP contribution in [0.15, 0.2) is 0 Å². The molecule has 0 radical (unpaired) electrons. The lowest BCUT2D eigenvalue weighted by Crippen LogP contribution is -2.37. The molecule has 0 aliphatic carbocycles. The zero-order valence-corrected chi connectivity index (χ0v) is 6.45. The van der Waals surface area contributed by atoms with Crippen molar-refractivity contribution in [1.29, 1.82) is 0 Å². The molecule has 0 amide bonds. The summed E-state index contributed by atoms with van der Waals surface area (Å²) in [5.74, 6) is -0.741. The SMILES string of the molecule is COC(=O)C1CCOCC1O. The number of carbonyl (C=O) groups is 1. The molecule has 4 heteroatoms. The highest BCUT2D eigenvalue weighted by atomic mass is 16.5. The number of hydrogen-bond acceptors (Lipinski definition) is 4. The molecule has 0 aromatic heterocycles. The topological polar surface area (TPSA) is 55.8 Å². The van der Waals surface area contributed by atoms with Crippen LogP contribution < -0.4 is 0 Å². The van der Waals surface area contributed by atoms with Gasteiger partial charge in [0.25, 0.3) is 0 Å². The molecular weight excluding hydrogens is 148 g/mol. The number of carbonyl (C=O) groups excluding carboxylic acids is 1. The van der Waals surface area contributed by atoms with Crippen molar-refractivity contribution in [2.75, 3.05) is 20.3 Å². The Bertz CT molecular complexity index is 145. The van der Waals surface area contributed by atoms with E-state index in [0.29, 0.717) is 13.0 Å². The Kier molecular flexibility index (Phi) is 2.84. The van der Waals surface area contributed by atoms with E-state index in [9.17, 15) is 9.90 Å². The standard InChI is InChI=1S/C7H12O4/c1-10-7(9)5-2-3-11-4-6(5)8/h5-6,8H,2-4H2,1H3. The Morgan fingerprint density at radius 2 is 2.45 bits per heavy atom. The van der Waals surface area contributed by atoms with E-state index in [2.05, 4.69) is 4.74 Å². The number of aliphatic hydroxyl groups excluding tert-OH is 1. The van der Waals surface area contributed by atoms with Gasteiger partial charge >= 0.3 is 5.97 Å². The number of hydrogen-bond donors (Lipinski definition) is 1. The minimum absolute atomic E-state index is 0.236. The second-order valence-electron chi connectivity index (χ2n) is 2.56. The fourth-order valence-corrected chi connectivity index (χ4v) is 1.15. The Morgan fingerprint density at radius 1 is 1.73 bits per heavy atom. The predicted octanol–water partition coefficient (Wildman–Crippen LogP) is -0.443. The van der Waals surface area contributed by atoms with Gasteiger partial charge in [-0.25, -0.2) is 0 Å². The third kappa shape index (κ3) is 1.91. The largest absolute Gasteiger partial charge is 0.469 e. The molecule has 1 heterocycles. The summed E-state index contributed by atoms with van der Waals surface area (Å²) in [6, 6.07) is 0. The average Bonchev–Trinajstić information content (AvgIpc) is 2.04. The third-order valence-corrected chi connectivity index (χ3v) is 1.83. The molecule has 0 aromatic rings. The molecule has 0 aromatic carbocycles. The number of rotatable bonds is 1. The Balaban J connectivity index is 2.47. The molecule has 1 aliphatic heterocycles. The normalized spacial score (nSPS) is 31.5. The van der Waals surface area contributed by atoms with Crippen LogP contribution in [-0.2, 0) is 14.3 Å². The summed E-state index contributed by atoms with van der Waals surface area (Å²) < 4.78 is 9.45. The van der Waals surface area contributed by atoms with Gasteiger partial charge in [0.2, 0.25) is 0 Å². The van der Waals surface area contributed by atoms with Crippen molar-refractivity contribution in [3.05, 3.63) is 0 Å². The molecule has 1 saturated heterocycles. The van der Waals surface area contributed by atoms with Gasteiger partial charge in [-0.05, 0) is 6.42 Å². The fourth-order valence-electron chi connectivity index (χ4n) is 1.15. The van der Waals surface area contributed by atoms with Crippen LogP contribution in [0.5, 0.6) is 0 Å². The minimum Gasteiger partial charge on any atom is -0.469 e. The van der Waals surface area contributed by atoms with Crippen molar-refractivity contribution in [3.63, 3.8) is 0 Å². The maximum atomic E-state index is 10.9. The highest BCUT2D eigenvalue weighted by Crippen LogP contribution is 2.16. The van der Waals surface area contributed by atoms with Crippen LogP contribution in [0.25, 0.3) is 0 Å². The van der Waals surface area contributed by atoms with Crippen molar-refractivity contribution in [1.82, 2.24) is 0 Å². The van der Waals surface area contributed by atoms with Crippen molar-refractivity contribution >= 4 is 5.97 Å². The van der Waals surface area contributed by atoms with Crippen LogP contribution in [-0.4, -0.2) is 37.5 Å². The summed E-state index contributed by atoms with van der Waals surface area (Å²) in [5, 5.41) is 9.24. The molecule has 1 N–H and O–H groups in total. The highest BCUT2D eigenvalue weighted by Gasteiger charge is 2.30. The van der Waals surface area contributed by atoms with Crippen molar-refractivity contribution in [3.8, 4) is 0 Å². The molecule has 1 fully saturated rings. The lowest BCUT2D eigenvalue weighted by atomic mass is 9.98. The molecule has 11 heavy (non-hydrogen) atoms. The lowest BCUT2D eigenvalue weighted by Gasteiger charge is -2.25. The molecule has 2 unspecified atom stereocenters. The summed E-state index contributed by atoms with van der Waals surface area (Å²) in [6.45, 7) is 0.761. The van der Waals surface area contributed by atoms with Crippen LogP contribution >= 0.6 is 0 Å². The van der Waals surface area contributed by atoms with E-state index in [4.69, 9.17) is 4.74 Å². The van der Waals surface area contributed by atoms with Gasteiger partial charge < -0.3 is 14.6 Å². The summed E-state index contributed by atoms with van der Waals surface area (Å²) >= 11 is 0. The van der Waals surface area contributed by atoms with E-state index in [-0.39, 0.29) is 12.6 Å². The van der Waals surface area contributed by atoms with Crippen LogP contribution in [0.2, 0.25) is 0 Å². The van der Waals surface area contributed by atoms with Gasteiger partial charge in [-0.15, -0.1) is 0 Å². The monoisotopic (exact) mass is 160 g/mol. The van der Waals surface area contributed by atoms with E-state index in [1.54, 1.807) is 0 Å². The number of aliphatic hydroxyl groups is 1. The van der Waals surface area contributed by atoms with Gasteiger partial charge in [0.05, 0.1) is 25.7 Å². The number of methoxy groups -OCH3 is 1. The first-order valence-corrected chi connectivity index (χ1v) is 3.59. The second-order valence-corrected chi connectivity index (χ2v) is 2.56. The highest BCUT2D eigenvalue weighted by molar-refractivity contribution is 5.73. The van der Waals surface area contributed by atoms with Gasteiger partial charge in [0, 0.05) is 6.61 Å². The smallest absolute Gasteiger partial charge is 0.311 e. The van der Waals surface area contributed by atoms with Crippen molar-refractivity contribution in [2.24, 2.45) is 5.92 Å². The van der Waals surface area contributed by atoms with Crippen LogP contribution in [0, 0.1) is 5.92 Å². The molecule has 0 bridgehead atoms. The first-order valence-electron chi connectivity index (χ1n) is 3.59. The van der Waals surface area contributed by atoms with Gasteiger partial charge in [0.15, 0.2) is 0 Å². The van der Waals surface area contributed by atoms with E-state index in [1.165, 1.54) is 7.11 Å². The molecule has 0 saturated carbocycles. The van der Waals surface area contributed by atoms with Crippen LogP contribution in [0.4, 0.5) is 0 Å². The number of esters is 1. The summed E-state index contributed by atoms with van der Waals surface area (Å²) in [6.07, 6.45) is -0.149. The van der Waals surface area contributed by atoms with Crippen molar-refractivity contribution < 1.29 is 19.4 Å². The van der Waals surface area contributed by atoms with Crippen molar-refractivity contribution in [2.45, 2.75) is 12.5 Å². The summed E-state index contributed by atoms with van der Waals surface area (Å²) in [5.41, 5.74) is 0. The third-order valence-electron chi connectivity index (χ3n) is 1.83. The Morgan fingerprint density at radius 3 is 3.00 bits per heavy atom. The summed E-state index contributed by atoms with van der Waals surface area (Å²) in [7, 11) is 1.32. The molecule has 64 valence electrons. The van der Waals surface area contributed by atoms with Gasteiger partial charge in [-0.2, -0.15) is 0 Å². The predicted molar refractivity (Wildman–Crippen MR) is 36.9 cm³/mol. The fraction of sp³-hybridized carbons (Fsp3) is 0.857. The van der Waals surface area contributed by atoms with Crippen LogP contribution in [0.1, 0.15) is 6.42 Å². The lowest BCUT2D eigenvalue weighted by molar-refractivity contribution is -0.156. The summed E-state index contributed by atoms with van der Waals surface area (Å²) in [4.78, 5) is 10.9. The zero-order chi connectivity index (χ0) is 8.27. The van der Waals surface area contributed by atoms with E-state index in [1.807, 2.05) is 0 Å². The molecule has 1 rings (SSSR count). The first kappa shape index (κ1) is 8.49. The quantitative estimate of drug-likeness (QED) is 0.528. The van der Waals surface area contributed by atoms with E-state index in [0.717, 1.165) is 0 Å². The molecule has 2 atom stereocenters. The maximum absolute atomic E-state index is 10.9. The molecular formula is C7H12O4. The Hall–Kier alpha value is -0.610. The zero-order valence-electron chi connectivity index (χ0n) is 6.45. The molecule has 0 spiro atoms. The number of ether oxygens (including phenoxy) is 2. The minimum atomic E-state index is -0.698. The van der Waals surface area contributed by atoms with E-state index < -0.39 is 12.0 Å². The second kappa shape index (κ2) is 3.69. The maximum Gasteiger partial charge on any atom is 0.311 e. The molecule has 1 aliphatic rings. The van der Waals surface area contributed by atoms with Gasteiger partial charge in [0.1, 0.15) is 0 Å². The van der Waals surface area contributed by atoms with Gasteiger partial charge in [-0.1, -0.05) is 0 Å².